The van der Waals surface area contributed by atoms with Crippen LogP contribution in [0, 0.1) is 0 Å². The maximum Gasteiger partial charge on any atom is 0.341 e. The van der Waals surface area contributed by atoms with Crippen molar-refractivity contribution in [2.75, 3.05) is 26.1 Å². The van der Waals surface area contributed by atoms with Gasteiger partial charge in [-0.3, -0.25) is 4.79 Å². The van der Waals surface area contributed by atoms with E-state index in [1.54, 1.807) is 26.0 Å². The van der Waals surface area contributed by atoms with Crippen LogP contribution in [0.15, 0.2) is 18.2 Å². The van der Waals surface area contributed by atoms with Gasteiger partial charge in [0.2, 0.25) is 0 Å². The molecule has 0 spiro atoms. The largest absolute Gasteiger partial charge is 0.496 e. The van der Waals surface area contributed by atoms with Crippen LogP contribution in [-0.4, -0.2) is 38.3 Å². The van der Waals surface area contributed by atoms with E-state index in [1.807, 2.05) is 6.92 Å². The van der Waals surface area contributed by atoms with Gasteiger partial charge in [-0.25, -0.2) is 4.79 Å². The van der Waals surface area contributed by atoms with E-state index in [2.05, 4.69) is 5.32 Å². The smallest absolute Gasteiger partial charge is 0.341 e. The molecule has 0 heterocycles. The third-order valence-corrected chi connectivity index (χ3v) is 3.08. The topological polar surface area (TPSA) is 73.9 Å². The molecule has 1 amide bonds. The molecule has 0 unspecified atom stereocenters. The molecule has 1 aromatic carbocycles. The van der Waals surface area contributed by atoms with Gasteiger partial charge in [-0.1, -0.05) is 6.92 Å². The summed E-state index contributed by atoms with van der Waals surface area (Å²) in [7, 11) is 2.75. The molecular weight excluding hydrogens is 286 g/mol. The lowest BCUT2D eigenvalue weighted by atomic mass is 10.1. The Hall–Kier alpha value is -2.08. The molecule has 0 aliphatic carbocycles. The van der Waals surface area contributed by atoms with Crippen LogP contribution in [0.3, 0.4) is 0 Å². The fraction of sp³-hybridized carbons (Fsp3) is 0.500. The highest BCUT2D eigenvalue weighted by Crippen LogP contribution is 2.24. The van der Waals surface area contributed by atoms with E-state index in [9.17, 15) is 9.59 Å². The van der Waals surface area contributed by atoms with E-state index in [0.29, 0.717) is 18.0 Å². The van der Waals surface area contributed by atoms with Crippen LogP contribution in [0.5, 0.6) is 5.75 Å². The van der Waals surface area contributed by atoms with Crippen molar-refractivity contribution in [3.8, 4) is 5.75 Å². The molecule has 0 fully saturated rings. The Kier molecular flexibility index (Phi) is 6.37. The van der Waals surface area contributed by atoms with Crippen LogP contribution >= 0.6 is 0 Å². The second kappa shape index (κ2) is 7.79. The van der Waals surface area contributed by atoms with Crippen molar-refractivity contribution in [2.24, 2.45) is 0 Å². The van der Waals surface area contributed by atoms with Crippen LogP contribution in [-0.2, 0) is 14.3 Å². The molecule has 0 aliphatic heterocycles. The lowest BCUT2D eigenvalue weighted by Gasteiger charge is -2.24. The second-order valence-corrected chi connectivity index (χ2v) is 5.22. The third kappa shape index (κ3) is 4.46. The first-order valence-electron chi connectivity index (χ1n) is 7.07. The van der Waals surface area contributed by atoms with Gasteiger partial charge in [-0.2, -0.15) is 0 Å². The quantitative estimate of drug-likeness (QED) is 0.784. The Bertz CT molecular complexity index is 539. The van der Waals surface area contributed by atoms with E-state index in [4.69, 9.17) is 14.2 Å². The van der Waals surface area contributed by atoms with Gasteiger partial charge in [0.05, 0.1) is 14.2 Å². The highest BCUT2D eigenvalue weighted by molar-refractivity contribution is 5.99. The number of methoxy groups -OCH3 is 2. The van der Waals surface area contributed by atoms with Crippen molar-refractivity contribution in [1.82, 2.24) is 0 Å². The average molecular weight is 309 g/mol. The van der Waals surface area contributed by atoms with E-state index >= 15 is 0 Å². The Morgan fingerprint density at radius 2 is 1.91 bits per heavy atom. The van der Waals surface area contributed by atoms with E-state index in [-0.39, 0.29) is 11.5 Å². The minimum Gasteiger partial charge on any atom is -0.496 e. The zero-order valence-corrected chi connectivity index (χ0v) is 13.7. The summed E-state index contributed by atoms with van der Waals surface area (Å²) >= 11 is 0. The first-order chi connectivity index (χ1) is 10.4. The lowest BCUT2D eigenvalue weighted by Crippen LogP contribution is -2.40. The number of ether oxygens (including phenoxy) is 3. The zero-order valence-electron chi connectivity index (χ0n) is 13.7. The maximum absolute atomic E-state index is 12.3. The summed E-state index contributed by atoms with van der Waals surface area (Å²) in [4.78, 5) is 24.0. The molecule has 6 heteroatoms. The van der Waals surface area contributed by atoms with Crippen molar-refractivity contribution in [3.63, 3.8) is 0 Å². The van der Waals surface area contributed by atoms with Crippen LogP contribution in [0.1, 0.15) is 37.6 Å². The number of benzene rings is 1. The van der Waals surface area contributed by atoms with Gasteiger partial charge in [-0.05, 0) is 38.5 Å². The molecular formula is C16H23NO5. The SMILES string of the molecule is CCCOC(C)(C)C(=O)Nc1ccc(OC)c(C(=O)OC)c1. The Balaban J connectivity index is 2.94. The molecule has 0 radical (unpaired) electrons. The molecule has 6 nitrogen and oxygen atoms in total. The zero-order chi connectivity index (χ0) is 16.8. The number of nitrogens with one attached hydrogen (secondary N) is 1. The van der Waals surface area contributed by atoms with E-state index < -0.39 is 11.6 Å². The first-order valence-corrected chi connectivity index (χ1v) is 7.07. The molecule has 0 atom stereocenters. The summed E-state index contributed by atoms with van der Waals surface area (Å²) in [6, 6.07) is 4.76. The lowest BCUT2D eigenvalue weighted by molar-refractivity contribution is -0.137. The van der Waals surface area contributed by atoms with Crippen LogP contribution < -0.4 is 10.1 Å². The van der Waals surface area contributed by atoms with Crippen molar-refractivity contribution >= 4 is 17.6 Å². The number of rotatable bonds is 7. The standard InChI is InChI=1S/C16H23NO5/c1-6-9-22-16(2,3)15(19)17-11-7-8-13(20-4)12(10-11)14(18)21-5/h7-8,10H,6,9H2,1-5H3,(H,17,19). The average Bonchev–Trinajstić information content (AvgIpc) is 2.52. The third-order valence-electron chi connectivity index (χ3n) is 3.08. The van der Waals surface area contributed by atoms with Crippen molar-refractivity contribution < 1.29 is 23.8 Å². The predicted molar refractivity (Wildman–Crippen MR) is 83.3 cm³/mol. The summed E-state index contributed by atoms with van der Waals surface area (Å²) < 4.78 is 15.3. The van der Waals surface area contributed by atoms with E-state index in [1.165, 1.54) is 20.3 Å². The van der Waals surface area contributed by atoms with Crippen LogP contribution in [0.2, 0.25) is 0 Å². The molecule has 1 aromatic rings. The number of carbonyl (C=O) groups is 2. The summed E-state index contributed by atoms with van der Waals surface area (Å²) in [5.74, 6) is -0.442. The number of amides is 1. The number of carbonyl (C=O) groups excluding carboxylic acids is 2. The number of hydrogen-bond acceptors (Lipinski definition) is 5. The van der Waals surface area contributed by atoms with Crippen molar-refractivity contribution in [2.45, 2.75) is 32.8 Å². The minimum atomic E-state index is -0.957. The highest BCUT2D eigenvalue weighted by atomic mass is 16.5. The molecule has 0 bridgehead atoms. The minimum absolute atomic E-state index is 0.245. The van der Waals surface area contributed by atoms with Gasteiger partial charge in [0, 0.05) is 12.3 Å². The Morgan fingerprint density at radius 1 is 1.23 bits per heavy atom. The highest BCUT2D eigenvalue weighted by Gasteiger charge is 2.28. The molecule has 0 saturated heterocycles. The fourth-order valence-corrected chi connectivity index (χ4v) is 1.76. The summed E-state index contributed by atoms with van der Waals surface area (Å²) in [6.07, 6.45) is 0.825. The van der Waals surface area contributed by atoms with Gasteiger partial charge >= 0.3 is 5.97 Å². The molecule has 0 saturated carbocycles. The van der Waals surface area contributed by atoms with Gasteiger partial charge < -0.3 is 19.5 Å². The first kappa shape index (κ1) is 18.0. The summed E-state index contributed by atoms with van der Waals surface area (Å²) in [5.41, 5.74) is -0.240. The van der Waals surface area contributed by atoms with Gasteiger partial charge in [0.15, 0.2) is 0 Å². The Labute approximate surface area is 130 Å². The molecule has 1 rings (SSSR count). The normalized spacial score (nSPS) is 11.0. The Morgan fingerprint density at radius 3 is 2.45 bits per heavy atom. The van der Waals surface area contributed by atoms with E-state index in [0.717, 1.165) is 6.42 Å². The molecule has 0 aliphatic rings. The molecule has 122 valence electrons. The van der Waals surface area contributed by atoms with Crippen LogP contribution in [0.4, 0.5) is 5.69 Å². The summed E-state index contributed by atoms with van der Waals surface area (Å²) in [5, 5.41) is 2.73. The maximum atomic E-state index is 12.3. The van der Waals surface area contributed by atoms with Crippen molar-refractivity contribution in [1.29, 1.82) is 0 Å². The molecule has 22 heavy (non-hydrogen) atoms. The number of hydrogen-bond donors (Lipinski definition) is 1. The molecule has 1 N–H and O–H groups in total. The van der Waals surface area contributed by atoms with Gasteiger partial charge in [0.1, 0.15) is 16.9 Å². The number of esters is 1. The number of anilines is 1. The van der Waals surface area contributed by atoms with Gasteiger partial charge in [-0.15, -0.1) is 0 Å². The monoisotopic (exact) mass is 309 g/mol. The fourth-order valence-electron chi connectivity index (χ4n) is 1.76. The van der Waals surface area contributed by atoms with Gasteiger partial charge in [0.25, 0.3) is 5.91 Å². The molecule has 0 aromatic heterocycles. The summed E-state index contributed by atoms with van der Waals surface area (Å²) in [6.45, 7) is 5.86. The predicted octanol–water partition coefficient (Wildman–Crippen LogP) is 2.63. The van der Waals surface area contributed by atoms with Crippen LogP contribution in [0.25, 0.3) is 0 Å². The second-order valence-electron chi connectivity index (χ2n) is 5.22. The van der Waals surface area contributed by atoms with Crippen molar-refractivity contribution in [3.05, 3.63) is 23.8 Å².